The van der Waals surface area contributed by atoms with E-state index in [-0.39, 0.29) is 22.7 Å². The average molecular weight is 270 g/mol. The molecule has 0 heterocycles. The van der Waals surface area contributed by atoms with Gasteiger partial charge >= 0.3 is 0 Å². The minimum atomic E-state index is -0.364. The molecule has 0 saturated heterocycles. The van der Waals surface area contributed by atoms with Gasteiger partial charge in [0, 0.05) is 24.2 Å². The molecular weight excluding hydrogens is 252 g/mol. The average Bonchev–Trinajstić information content (AvgIpc) is 2.48. The van der Waals surface area contributed by atoms with Crippen LogP contribution < -0.4 is 5.32 Å². The third kappa shape index (κ3) is 3.42. The third-order valence-corrected chi connectivity index (χ3v) is 3.38. The van der Waals surface area contributed by atoms with Crippen LogP contribution in [0.15, 0.2) is 54.6 Å². The van der Waals surface area contributed by atoms with Gasteiger partial charge in [0.25, 0.3) is 5.69 Å². The summed E-state index contributed by atoms with van der Waals surface area (Å²) in [6.07, 6.45) is 0. The van der Waals surface area contributed by atoms with E-state index < -0.39 is 0 Å². The smallest absolute Gasteiger partial charge is 0.269 e. The normalized spacial score (nSPS) is 13.7. The molecule has 0 bridgehead atoms. The predicted octanol–water partition coefficient (Wildman–Crippen LogP) is 4.01. The highest BCUT2D eigenvalue weighted by Gasteiger charge is 2.13. The quantitative estimate of drug-likeness (QED) is 0.659. The molecule has 104 valence electrons. The molecule has 0 aliphatic heterocycles. The SMILES string of the molecule is CC(N[C@H](C)c1ccccc1)c1cccc([N+](=O)[O-])c1. The molecule has 0 aliphatic rings. The van der Waals surface area contributed by atoms with E-state index in [0.717, 1.165) is 5.56 Å². The van der Waals surface area contributed by atoms with Gasteiger partial charge in [-0.15, -0.1) is 0 Å². The van der Waals surface area contributed by atoms with Gasteiger partial charge in [-0.2, -0.15) is 0 Å². The molecule has 0 radical (unpaired) electrons. The number of nitrogens with one attached hydrogen (secondary N) is 1. The highest BCUT2D eigenvalue weighted by atomic mass is 16.6. The molecule has 2 atom stereocenters. The molecule has 20 heavy (non-hydrogen) atoms. The van der Waals surface area contributed by atoms with Crippen LogP contribution in [0.5, 0.6) is 0 Å². The first kappa shape index (κ1) is 14.2. The van der Waals surface area contributed by atoms with Crippen molar-refractivity contribution in [1.29, 1.82) is 0 Å². The minimum Gasteiger partial charge on any atom is -0.304 e. The van der Waals surface area contributed by atoms with E-state index in [4.69, 9.17) is 0 Å². The summed E-state index contributed by atoms with van der Waals surface area (Å²) in [6.45, 7) is 4.10. The fraction of sp³-hybridized carbons (Fsp3) is 0.250. The van der Waals surface area contributed by atoms with Crippen molar-refractivity contribution in [2.45, 2.75) is 25.9 Å². The molecule has 0 saturated carbocycles. The first-order valence-electron chi connectivity index (χ1n) is 6.63. The van der Waals surface area contributed by atoms with Crippen molar-refractivity contribution in [3.05, 3.63) is 75.8 Å². The van der Waals surface area contributed by atoms with Crippen molar-refractivity contribution < 1.29 is 4.92 Å². The molecule has 2 aromatic carbocycles. The molecule has 2 aromatic rings. The van der Waals surface area contributed by atoms with Crippen LogP contribution in [0.4, 0.5) is 5.69 Å². The molecule has 0 aliphatic carbocycles. The maximum absolute atomic E-state index is 10.8. The van der Waals surface area contributed by atoms with Crippen molar-refractivity contribution in [1.82, 2.24) is 5.32 Å². The van der Waals surface area contributed by atoms with Gasteiger partial charge in [-0.3, -0.25) is 10.1 Å². The lowest BCUT2D eigenvalue weighted by Gasteiger charge is -2.20. The van der Waals surface area contributed by atoms with Crippen molar-refractivity contribution >= 4 is 5.69 Å². The second-order valence-electron chi connectivity index (χ2n) is 4.87. The summed E-state index contributed by atoms with van der Waals surface area (Å²) in [5, 5.41) is 14.3. The van der Waals surface area contributed by atoms with Crippen LogP contribution in [0.3, 0.4) is 0 Å². The molecule has 0 aromatic heterocycles. The summed E-state index contributed by atoms with van der Waals surface area (Å²) in [7, 11) is 0. The van der Waals surface area contributed by atoms with Gasteiger partial charge in [0.2, 0.25) is 0 Å². The second kappa shape index (κ2) is 6.30. The minimum absolute atomic E-state index is 0.0464. The van der Waals surface area contributed by atoms with Crippen molar-refractivity contribution in [3.8, 4) is 0 Å². The standard InChI is InChI=1S/C16H18N2O2/c1-12(14-7-4-3-5-8-14)17-13(2)15-9-6-10-16(11-15)18(19)20/h3-13,17H,1-2H3/t12-,13?/m1/s1. The Morgan fingerprint density at radius 1 is 0.950 bits per heavy atom. The number of hydrogen-bond donors (Lipinski definition) is 1. The Labute approximate surface area is 118 Å². The van der Waals surface area contributed by atoms with Crippen molar-refractivity contribution in [2.75, 3.05) is 0 Å². The molecule has 1 unspecified atom stereocenters. The predicted molar refractivity (Wildman–Crippen MR) is 79.5 cm³/mol. The first-order chi connectivity index (χ1) is 9.58. The lowest BCUT2D eigenvalue weighted by molar-refractivity contribution is -0.384. The van der Waals surface area contributed by atoms with Crippen LogP contribution in [-0.2, 0) is 0 Å². The largest absolute Gasteiger partial charge is 0.304 e. The molecule has 4 nitrogen and oxygen atoms in total. The van der Waals surface area contributed by atoms with Crippen LogP contribution in [-0.4, -0.2) is 4.92 Å². The molecule has 4 heteroatoms. The highest BCUT2D eigenvalue weighted by Crippen LogP contribution is 2.22. The zero-order chi connectivity index (χ0) is 14.5. The molecule has 0 amide bonds. The first-order valence-corrected chi connectivity index (χ1v) is 6.63. The fourth-order valence-electron chi connectivity index (χ4n) is 2.22. The van der Waals surface area contributed by atoms with Crippen LogP contribution in [0, 0.1) is 10.1 Å². The summed E-state index contributed by atoms with van der Waals surface area (Å²) in [6, 6.07) is 17.1. The number of nitrogens with zero attached hydrogens (tertiary/aromatic N) is 1. The summed E-state index contributed by atoms with van der Waals surface area (Å²) >= 11 is 0. The zero-order valence-corrected chi connectivity index (χ0v) is 11.6. The summed E-state index contributed by atoms with van der Waals surface area (Å²) in [5.74, 6) is 0. The Kier molecular flexibility index (Phi) is 4.48. The summed E-state index contributed by atoms with van der Waals surface area (Å²) in [5.41, 5.74) is 2.25. The molecule has 0 spiro atoms. The molecular formula is C16H18N2O2. The number of rotatable bonds is 5. The Hall–Kier alpha value is -2.20. The monoisotopic (exact) mass is 270 g/mol. The highest BCUT2D eigenvalue weighted by molar-refractivity contribution is 5.35. The van der Waals surface area contributed by atoms with Crippen LogP contribution in [0.2, 0.25) is 0 Å². The van der Waals surface area contributed by atoms with E-state index in [0.29, 0.717) is 0 Å². The second-order valence-corrected chi connectivity index (χ2v) is 4.87. The Morgan fingerprint density at radius 3 is 2.20 bits per heavy atom. The summed E-state index contributed by atoms with van der Waals surface area (Å²) in [4.78, 5) is 10.4. The zero-order valence-electron chi connectivity index (χ0n) is 11.6. The topological polar surface area (TPSA) is 55.2 Å². The van der Waals surface area contributed by atoms with E-state index in [1.54, 1.807) is 12.1 Å². The van der Waals surface area contributed by atoms with E-state index in [9.17, 15) is 10.1 Å². The molecule has 2 rings (SSSR count). The van der Waals surface area contributed by atoms with Gasteiger partial charge in [-0.25, -0.2) is 0 Å². The molecule has 1 N–H and O–H groups in total. The van der Waals surface area contributed by atoms with Crippen LogP contribution >= 0.6 is 0 Å². The van der Waals surface area contributed by atoms with E-state index in [1.165, 1.54) is 11.6 Å². The third-order valence-electron chi connectivity index (χ3n) is 3.38. The lowest BCUT2D eigenvalue weighted by atomic mass is 10.0. The van der Waals surface area contributed by atoms with Gasteiger partial charge in [-0.05, 0) is 25.0 Å². The number of nitro benzene ring substituents is 1. The maximum Gasteiger partial charge on any atom is 0.269 e. The summed E-state index contributed by atoms with van der Waals surface area (Å²) < 4.78 is 0. The maximum atomic E-state index is 10.8. The van der Waals surface area contributed by atoms with E-state index in [2.05, 4.69) is 24.4 Å². The Morgan fingerprint density at radius 2 is 1.55 bits per heavy atom. The van der Waals surface area contributed by atoms with Crippen molar-refractivity contribution in [3.63, 3.8) is 0 Å². The van der Waals surface area contributed by atoms with Crippen LogP contribution in [0.25, 0.3) is 0 Å². The van der Waals surface area contributed by atoms with Gasteiger partial charge in [0.1, 0.15) is 0 Å². The number of nitro groups is 1. The number of hydrogen-bond acceptors (Lipinski definition) is 3. The van der Waals surface area contributed by atoms with Gasteiger partial charge in [-0.1, -0.05) is 42.5 Å². The van der Waals surface area contributed by atoms with Gasteiger partial charge < -0.3 is 5.32 Å². The van der Waals surface area contributed by atoms with Crippen LogP contribution in [0.1, 0.15) is 37.1 Å². The number of benzene rings is 2. The number of non-ortho nitro benzene ring substituents is 1. The lowest BCUT2D eigenvalue weighted by Crippen LogP contribution is -2.22. The van der Waals surface area contributed by atoms with Gasteiger partial charge in [0.05, 0.1) is 4.92 Å². The fourth-order valence-corrected chi connectivity index (χ4v) is 2.22. The van der Waals surface area contributed by atoms with Crippen molar-refractivity contribution in [2.24, 2.45) is 0 Å². The van der Waals surface area contributed by atoms with Gasteiger partial charge in [0.15, 0.2) is 0 Å². The Balaban J connectivity index is 2.10. The Bertz CT molecular complexity index is 584. The van der Waals surface area contributed by atoms with E-state index in [1.807, 2.05) is 31.2 Å². The van der Waals surface area contributed by atoms with E-state index >= 15 is 0 Å². The molecule has 0 fully saturated rings.